The van der Waals surface area contributed by atoms with Crippen molar-refractivity contribution in [3.8, 4) is 22.8 Å². The first-order valence-corrected chi connectivity index (χ1v) is 9.85. The zero-order valence-electron chi connectivity index (χ0n) is 14.1. The van der Waals surface area contributed by atoms with E-state index in [9.17, 15) is 8.42 Å². The van der Waals surface area contributed by atoms with Crippen LogP contribution in [0.2, 0.25) is 0 Å². The molecule has 0 spiro atoms. The number of aromatic nitrogens is 1. The van der Waals surface area contributed by atoms with Crippen LogP contribution in [0.15, 0.2) is 52.7 Å². The van der Waals surface area contributed by atoms with E-state index in [0.29, 0.717) is 22.9 Å². The normalized spacial score (nSPS) is 11.2. The molecule has 0 fully saturated rings. The standard InChI is InChI=1S/C17H17N3O4S2/c1-23-15-8-7-13(9-16(15)24-2)26(21,22)20-17-19-14(10-25-17)11-3-5-12(18)6-4-11/h3-10H,18H2,1-2H3,(H,19,20). The molecule has 0 aliphatic carbocycles. The summed E-state index contributed by atoms with van der Waals surface area (Å²) in [6.07, 6.45) is 0. The van der Waals surface area contributed by atoms with Crippen LogP contribution in [0.4, 0.5) is 10.8 Å². The first-order valence-electron chi connectivity index (χ1n) is 7.49. The Labute approximate surface area is 155 Å². The molecule has 0 unspecified atom stereocenters. The highest BCUT2D eigenvalue weighted by molar-refractivity contribution is 7.93. The maximum atomic E-state index is 12.6. The van der Waals surface area contributed by atoms with Crippen molar-refractivity contribution in [3.05, 3.63) is 47.8 Å². The van der Waals surface area contributed by atoms with Gasteiger partial charge >= 0.3 is 0 Å². The molecule has 1 heterocycles. The second-order valence-electron chi connectivity index (χ2n) is 5.28. The third kappa shape index (κ3) is 3.73. The van der Waals surface area contributed by atoms with Crippen LogP contribution in [0, 0.1) is 0 Å². The highest BCUT2D eigenvalue weighted by Crippen LogP contribution is 2.31. The quantitative estimate of drug-likeness (QED) is 0.626. The summed E-state index contributed by atoms with van der Waals surface area (Å²) in [6, 6.07) is 11.6. The Morgan fingerprint density at radius 1 is 1.04 bits per heavy atom. The SMILES string of the molecule is COc1ccc(S(=O)(=O)Nc2nc(-c3ccc(N)cc3)cs2)cc1OC. The summed E-state index contributed by atoms with van der Waals surface area (Å²) >= 11 is 1.20. The van der Waals surface area contributed by atoms with Gasteiger partial charge in [-0.05, 0) is 24.3 Å². The lowest BCUT2D eigenvalue weighted by atomic mass is 10.2. The van der Waals surface area contributed by atoms with E-state index in [2.05, 4.69) is 9.71 Å². The van der Waals surface area contributed by atoms with Crippen LogP contribution < -0.4 is 19.9 Å². The zero-order chi connectivity index (χ0) is 18.7. The molecule has 0 bridgehead atoms. The average molecular weight is 391 g/mol. The molecule has 0 atom stereocenters. The first-order chi connectivity index (χ1) is 12.4. The number of sulfonamides is 1. The van der Waals surface area contributed by atoms with E-state index < -0.39 is 10.0 Å². The zero-order valence-corrected chi connectivity index (χ0v) is 15.7. The predicted molar refractivity (Wildman–Crippen MR) is 102 cm³/mol. The summed E-state index contributed by atoms with van der Waals surface area (Å²) in [5, 5.41) is 2.05. The molecule has 0 radical (unpaired) electrons. The minimum absolute atomic E-state index is 0.0550. The van der Waals surface area contributed by atoms with E-state index in [1.165, 1.54) is 43.8 Å². The van der Waals surface area contributed by atoms with Gasteiger partial charge < -0.3 is 15.2 Å². The van der Waals surface area contributed by atoms with Gasteiger partial charge in [-0.1, -0.05) is 12.1 Å². The molecule has 26 heavy (non-hydrogen) atoms. The molecule has 3 N–H and O–H groups in total. The number of thiazole rings is 1. The van der Waals surface area contributed by atoms with Gasteiger partial charge in [-0.2, -0.15) is 0 Å². The monoisotopic (exact) mass is 391 g/mol. The Morgan fingerprint density at radius 2 is 1.73 bits per heavy atom. The maximum Gasteiger partial charge on any atom is 0.263 e. The second-order valence-corrected chi connectivity index (χ2v) is 7.82. The van der Waals surface area contributed by atoms with Crippen molar-refractivity contribution in [2.24, 2.45) is 0 Å². The first kappa shape index (κ1) is 18.0. The fraction of sp³-hybridized carbons (Fsp3) is 0.118. The Kier molecular flexibility index (Phi) is 5.01. The van der Waals surface area contributed by atoms with Crippen molar-refractivity contribution in [1.82, 2.24) is 4.98 Å². The van der Waals surface area contributed by atoms with Crippen LogP contribution in [0.1, 0.15) is 0 Å². The maximum absolute atomic E-state index is 12.6. The molecule has 1 aromatic heterocycles. The number of hydrogen-bond donors (Lipinski definition) is 2. The van der Waals surface area contributed by atoms with Gasteiger partial charge in [-0.25, -0.2) is 13.4 Å². The third-order valence-electron chi connectivity index (χ3n) is 3.60. The van der Waals surface area contributed by atoms with Crippen molar-refractivity contribution < 1.29 is 17.9 Å². The molecule has 7 nitrogen and oxygen atoms in total. The number of rotatable bonds is 6. The van der Waals surface area contributed by atoms with Crippen LogP contribution in [-0.4, -0.2) is 27.6 Å². The lowest BCUT2D eigenvalue weighted by Crippen LogP contribution is -2.13. The van der Waals surface area contributed by atoms with Crippen LogP contribution in [0.3, 0.4) is 0 Å². The smallest absolute Gasteiger partial charge is 0.263 e. The van der Waals surface area contributed by atoms with Gasteiger partial charge in [0.15, 0.2) is 16.6 Å². The highest BCUT2D eigenvalue weighted by atomic mass is 32.2. The van der Waals surface area contributed by atoms with Crippen molar-refractivity contribution >= 4 is 32.2 Å². The highest BCUT2D eigenvalue weighted by Gasteiger charge is 2.19. The van der Waals surface area contributed by atoms with Gasteiger partial charge in [0.1, 0.15) is 0 Å². The molecule has 3 aromatic rings. The second kappa shape index (κ2) is 7.22. The van der Waals surface area contributed by atoms with Crippen molar-refractivity contribution in [1.29, 1.82) is 0 Å². The van der Waals surface area contributed by atoms with E-state index in [1.54, 1.807) is 17.5 Å². The summed E-state index contributed by atoms with van der Waals surface area (Å²) in [4.78, 5) is 4.38. The molecular formula is C17H17N3O4S2. The third-order valence-corrected chi connectivity index (χ3v) is 5.82. The topological polar surface area (TPSA) is 104 Å². The minimum atomic E-state index is -3.80. The van der Waals surface area contributed by atoms with E-state index >= 15 is 0 Å². The average Bonchev–Trinajstić information content (AvgIpc) is 3.09. The Bertz CT molecular complexity index is 1010. The lowest BCUT2D eigenvalue weighted by molar-refractivity contribution is 0.354. The summed E-state index contributed by atoms with van der Waals surface area (Å²) in [7, 11) is -0.874. The van der Waals surface area contributed by atoms with Gasteiger partial charge in [0, 0.05) is 22.7 Å². The van der Waals surface area contributed by atoms with Crippen molar-refractivity contribution in [2.45, 2.75) is 4.90 Å². The van der Waals surface area contributed by atoms with Gasteiger partial charge in [0.25, 0.3) is 10.0 Å². The predicted octanol–water partition coefficient (Wildman–Crippen LogP) is 3.21. The number of nitrogens with two attached hydrogens (primary N) is 1. The van der Waals surface area contributed by atoms with Gasteiger partial charge in [-0.15, -0.1) is 11.3 Å². The molecule has 0 saturated carbocycles. The van der Waals surface area contributed by atoms with E-state index in [0.717, 1.165) is 5.56 Å². The molecule has 2 aromatic carbocycles. The largest absolute Gasteiger partial charge is 0.493 e. The van der Waals surface area contributed by atoms with E-state index in [-0.39, 0.29) is 10.0 Å². The minimum Gasteiger partial charge on any atom is -0.493 e. The Morgan fingerprint density at radius 3 is 2.38 bits per heavy atom. The number of nitrogens with one attached hydrogen (secondary N) is 1. The molecule has 0 aliphatic heterocycles. The number of hydrogen-bond acceptors (Lipinski definition) is 7. The molecule has 0 amide bonds. The molecule has 3 rings (SSSR count). The number of ether oxygens (including phenoxy) is 2. The number of nitrogen functional groups attached to an aromatic ring is 1. The van der Waals surface area contributed by atoms with Crippen molar-refractivity contribution in [2.75, 3.05) is 24.7 Å². The molecule has 9 heteroatoms. The fourth-order valence-electron chi connectivity index (χ4n) is 2.26. The summed E-state index contributed by atoms with van der Waals surface area (Å²) < 4.78 is 38.0. The van der Waals surface area contributed by atoms with Crippen molar-refractivity contribution in [3.63, 3.8) is 0 Å². The Hall–Kier alpha value is -2.78. The summed E-state index contributed by atoms with van der Waals surface area (Å²) in [6.45, 7) is 0. The molecule has 0 aliphatic rings. The Balaban J connectivity index is 1.85. The molecular weight excluding hydrogens is 374 g/mol. The number of anilines is 2. The van der Waals surface area contributed by atoms with E-state index in [4.69, 9.17) is 15.2 Å². The summed E-state index contributed by atoms with van der Waals surface area (Å²) in [5.74, 6) is 0.781. The molecule has 0 saturated heterocycles. The number of nitrogens with zero attached hydrogens (tertiary/aromatic N) is 1. The fourth-order valence-corrected chi connectivity index (χ4v) is 4.25. The van der Waals surface area contributed by atoms with Crippen LogP contribution in [0.25, 0.3) is 11.3 Å². The lowest BCUT2D eigenvalue weighted by Gasteiger charge is -2.10. The summed E-state index contributed by atoms with van der Waals surface area (Å²) in [5.41, 5.74) is 7.84. The van der Waals surface area contributed by atoms with E-state index in [1.807, 2.05) is 12.1 Å². The van der Waals surface area contributed by atoms with Crippen LogP contribution in [-0.2, 0) is 10.0 Å². The van der Waals surface area contributed by atoms with Gasteiger partial charge in [-0.3, -0.25) is 4.72 Å². The molecule has 136 valence electrons. The van der Waals surface area contributed by atoms with Crippen LogP contribution >= 0.6 is 11.3 Å². The number of benzene rings is 2. The number of methoxy groups -OCH3 is 2. The van der Waals surface area contributed by atoms with Crippen LogP contribution in [0.5, 0.6) is 11.5 Å². The van der Waals surface area contributed by atoms with Gasteiger partial charge in [0.2, 0.25) is 0 Å². The van der Waals surface area contributed by atoms with Gasteiger partial charge in [0.05, 0.1) is 24.8 Å².